The summed E-state index contributed by atoms with van der Waals surface area (Å²) in [7, 11) is 0. The van der Waals surface area contributed by atoms with Crippen LogP contribution in [-0.2, 0) is 14.3 Å². The van der Waals surface area contributed by atoms with Crippen molar-refractivity contribution in [1.82, 2.24) is 0 Å². The fourth-order valence-electron chi connectivity index (χ4n) is 10.3. The lowest BCUT2D eigenvalue weighted by Crippen LogP contribution is -2.55. The van der Waals surface area contributed by atoms with Gasteiger partial charge in [0.05, 0.1) is 23.9 Å². The zero-order valence-electron chi connectivity index (χ0n) is 26.0. The van der Waals surface area contributed by atoms with Gasteiger partial charge in [-0.15, -0.1) is 0 Å². The molecule has 226 valence electrons. The summed E-state index contributed by atoms with van der Waals surface area (Å²) >= 11 is 0. The Morgan fingerprint density at radius 3 is 2.41 bits per heavy atom. The molecule has 1 saturated heterocycles. The van der Waals surface area contributed by atoms with Crippen LogP contribution in [0.15, 0.2) is 0 Å². The number of esters is 1. The molecule has 6 nitrogen and oxygen atoms in total. The van der Waals surface area contributed by atoms with Crippen LogP contribution in [-0.4, -0.2) is 57.9 Å². The number of aliphatic hydroxyl groups is 3. The fraction of sp³-hybridized carbons (Fsp3) is 0.970. The lowest BCUT2D eigenvalue weighted by Gasteiger charge is -2.56. The van der Waals surface area contributed by atoms with Crippen molar-refractivity contribution >= 4 is 5.97 Å². The van der Waals surface area contributed by atoms with Gasteiger partial charge < -0.3 is 24.8 Å². The number of carbonyl (C=O) groups excluding carboxylic acids is 1. The van der Waals surface area contributed by atoms with Crippen LogP contribution in [0.25, 0.3) is 0 Å². The molecule has 39 heavy (non-hydrogen) atoms. The molecule has 3 N–H and O–H groups in total. The molecule has 0 aromatic rings. The number of hydrogen-bond acceptors (Lipinski definition) is 6. The first-order chi connectivity index (χ1) is 18.1. The largest absolute Gasteiger partial charge is 0.457 e. The Hall–Kier alpha value is -0.690. The Bertz CT molecular complexity index is 865. The lowest BCUT2D eigenvalue weighted by atomic mass is 9.49. The van der Waals surface area contributed by atoms with Gasteiger partial charge >= 0.3 is 5.97 Å². The van der Waals surface area contributed by atoms with Crippen molar-refractivity contribution in [3.8, 4) is 0 Å². The van der Waals surface area contributed by atoms with Gasteiger partial charge in [-0.1, -0.05) is 48.0 Å². The molecule has 1 aliphatic heterocycles. The van der Waals surface area contributed by atoms with Crippen LogP contribution >= 0.6 is 0 Å². The highest BCUT2D eigenvalue weighted by atomic mass is 16.6. The molecule has 6 heteroatoms. The molecule has 0 aromatic heterocycles. The highest BCUT2D eigenvalue weighted by molar-refractivity contribution is 5.69. The van der Waals surface area contributed by atoms with Crippen molar-refractivity contribution in [3.63, 3.8) is 0 Å². The Balaban J connectivity index is 1.58. The Morgan fingerprint density at radius 1 is 1.10 bits per heavy atom. The van der Waals surface area contributed by atoms with Crippen LogP contribution in [0, 0.1) is 45.8 Å². The van der Waals surface area contributed by atoms with E-state index in [4.69, 9.17) is 9.47 Å². The zero-order valence-corrected chi connectivity index (χ0v) is 26.0. The number of hydrogen-bond donors (Lipinski definition) is 3. The van der Waals surface area contributed by atoms with Crippen LogP contribution < -0.4 is 0 Å². The molecular weight excluding hydrogens is 492 g/mol. The van der Waals surface area contributed by atoms with Crippen LogP contribution in [0.5, 0.6) is 0 Å². The van der Waals surface area contributed by atoms with E-state index >= 15 is 0 Å². The normalized spacial score (nSPS) is 44.8. The summed E-state index contributed by atoms with van der Waals surface area (Å²) in [4.78, 5) is 12.3. The van der Waals surface area contributed by atoms with Crippen molar-refractivity contribution in [2.75, 3.05) is 6.61 Å². The minimum absolute atomic E-state index is 0.0166. The first-order valence-electron chi connectivity index (χ1n) is 16.0. The van der Waals surface area contributed by atoms with Crippen molar-refractivity contribution in [1.29, 1.82) is 0 Å². The number of aliphatic hydroxyl groups excluding tert-OH is 2. The molecular formula is C33H58O6. The molecule has 0 amide bonds. The topological polar surface area (TPSA) is 96.2 Å². The van der Waals surface area contributed by atoms with Gasteiger partial charge in [0.1, 0.15) is 0 Å². The third-order valence-corrected chi connectivity index (χ3v) is 12.5. The standard InChI is InChI=1S/C33H58O6/c1-9-27(36)39-29(31(6,7)37)24-17-21(3)28-25(38-24)18-33(19-34)22(11-10-16-32(28,33)8)13-14-23-20(2)12-15-26(35)30(23,4)5/h20-26,28-29,34-35,37H,9-19H2,1-8H3/t20?,21-,22+,23?,24-,25?,26+,28?,29+,32-,33-/m1/s1. The molecule has 3 aliphatic carbocycles. The van der Waals surface area contributed by atoms with E-state index in [0.29, 0.717) is 29.6 Å². The van der Waals surface area contributed by atoms with E-state index in [1.54, 1.807) is 20.8 Å². The van der Waals surface area contributed by atoms with Gasteiger partial charge in [0.25, 0.3) is 0 Å². The molecule has 4 fully saturated rings. The van der Waals surface area contributed by atoms with Crippen LogP contribution in [0.3, 0.4) is 0 Å². The second kappa shape index (κ2) is 11.2. The number of ether oxygens (including phenoxy) is 2. The molecule has 0 radical (unpaired) electrons. The van der Waals surface area contributed by atoms with Crippen LogP contribution in [0.1, 0.15) is 120 Å². The SMILES string of the molecule is CCC(=O)O[C@@H]([C@H]1C[C@@H](C)C2C(C[C@@]3(CO)[C@H](CCC4C(C)CC[C@H](O)C4(C)C)CCC[C@]23C)O1)C(C)(C)O. The Kier molecular flexibility index (Phi) is 8.96. The Morgan fingerprint density at radius 2 is 1.79 bits per heavy atom. The van der Waals surface area contributed by atoms with Crippen LogP contribution in [0.4, 0.5) is 0 Å². The summed E-state index contributed by atoms with van der Waals surface area (Å²) in [5.41, 5.74) is -1.51. The summed E-state index contributed by atoms with van der Waals surface area (Å²) in [6.45, 7) is 16.9. The van der Waals surface area contributed by atoms with Gasteiger partial charge in [0.15, 0.2) is 6.10 Å². The second-order valence-electron chi connectivity index (χ2n) is 15.5. The van der Waals surface area contributed by atoms with E-state index in [1.807, 2.05) is 0 Å². The van der Waals surface area contributed by atoms with Gasteiger partial charge in [0, 0.05) is 18.4 Å². The molecule has 11 atom stereocenters. The van der Waals surface area contributed by atoms with E-state index in [-0.39, 0.29) is 53.6 Å². The third kappa shape index (κ3) is 5.34. The van der Waals surface area contributed by atoms with Crippen molar-refractivity contribution in [3.05, 3.63) is 0 Å². The number of carbonyl (C=O) groups is 1. The molecule has 4 unspecified atom stereocenters. The van der Waals surface area contributed by atoms with Crippen molar-refractivity contribution in [2.45, 2.75) is 150 Å². The average molecular weight is 551 g/mol. The van der Waals surface area contributed by atoms with E-state index in [1.165, 1.54) is 6.42 Å². The third-order valence-electron chi connectivity index (χ3n) is 12.5. The molecule has 3 saturated carbocycles. The monoisotopic (exact) mass is 550 g/mol. The predicted molar refractivity (Wildman–Crippen MR) is 153 cm³/mol. The van der Waals surface area contributed by atoms with Gasteiger partial charge in [-0.2, -0.15) is 0 Å². The second-order valence-corrected chi connectivity index (χ2v) is 15.5. The van der Waals surface area contributed by atoms with Gasteiger partial charge in [0.2, 0.25) is 0 Å². The Labute approximate surface area is 237 Å². The van der Waals surface area contributed by atoms with E-state index in [9.17, 15) is 20.1 Å². The minimum atomic E-state index is -1.21. The molecule has 4 aliphatic rings. The highest BCUT2D eigenvalue weighted by Crippen LogP contribution is 2.69. The minimum Gasteiger partial charge on any atom is -0.457 e. The molecule has 1 heterocycles. The van der Waals surface area contributed by atoms with Gasteiger partial charge in [-0.05, 0) is 106 Å². The van der Waals surface area contributed by atoms with E-state index in [0.717, 1.165) is 51.4 Å². The zero-order chi connectivity index (χ0) is 29.0. The number of rotatable bonds is 8. The smallest absolute Gasteiger partial charge is 0.305 e. The molecule has 0 spiro atoms. The fourth-order valence-corrected chi connectivity index (χ4v) is 10.3. The van der Waals surface area contributed by atoms with Crippen molar-refractivity contribution in [2.24, 2.45) is 45.8 Å². The molecule has 4 rings (SSSR count). The summed E-state index contributed by atoms with van der Waals surface area (Å²) in [6, 6.07) is 0. The molecule has 0 aromatic carbocycles. The van der Waals surface area contributed by atoms with Gasteiger partial charge in [-0.25, -0.2) is 0 Å². The average Bonchev–Trinajstić information content (AvgIpc) is 3.13. The maximum atomic E-state index is 12.3. The lowest BCUT2D eigenvalue weighted by molar-refractivity contribution is -0.209. The molecule has 0 bridgehead atoms. The first kappa shape index (κ1) is 31.3. The van der Waals surface area contributed by atoms with Crippen molar-refractivity contribution < 1.29 is 29.6 Å². The van der Waals surface area contributed by atoms with Crippen LogP contribution in [0.2, 0.25) is 0 Å². The predicted octanol–water partition coefficient (Wildman–Crippen LogP) is 5.89. The van der Waals surface area contributed by atoms with E-state index < -0.39 is 11.7 Å². The summed E-state index contributed by atoms with van der Waals surface area (Å²) in [5.74, 6) is 1.86. The summed E-state index contributed by atoms with van der Waals surface area (Å²) < 4.78 is 12.6. The summed E-state index contributed by atoms with van der Waals surface area (Å²) in [6.07, 6.45) is 8.06. The van der Waals surface area contributed by atoms with E-state index in [2.05, 4.69) is 34.6 Å². The maximum absolute atomic E-state index is 12.3. The van der Waals surface area contributed by atoms with Gasteiger partial charge in [-0.3, -0.25) is 4.79 Å². The first-order valence-corrected chi connectivity index (χ1v) is 16.0. The highest BCUT2D eigenvalue weighted by Gasteiger charge is 2.67. The summed E-state index contributed by atoms with van der Waals surface area (Å²) in [5, 5.41) is 33.0. The maximum Gasteiger partial charge on any atom is 0.305 e. The number of fused-ring (bicyclic) bond motifs is 3. The quantitative estimate of drug-likeness (QED) is 0.326.